The van der Waals surface area contributed by atoms with Crippen molar-refractivity contribution >= 4 is 41.6 Å². The van der Waals surface area contributed by atoms with Crippen LogP contribution in [0.4, 0.5) is 0 Å². The topological polar surface area (TPSA) is 364 Å². The van der Waals surface area contributed by atoms with Crippen LogP contribution in [-0.4, -0.2) is 102 Å². The van der Waals surface area contributed by atoms with Crippen molar-refractivity contribution in [3.8, 4) is 0 Å². The van der Waals surface area contributed by atoms with Gasteiger partial charge in [-0.15, -0.1) is 0 Å². The van der Waals surface area contributed by atoms with Gasteiger partial charge in [-0.25, -0.2) is 4.79 Å². The molecule has 4 unspecified atom stereocenters. The van der Waals surface area contributed by atoms with Crippen LogP contribution in [0.3, 0.4) is 0 Å². The van der Waals surface area contributed by atoms with Gasteiger partial charge in [-0.2, -0.15) is 0 Å². The van der Waals surface area contributed by atoms with Gasteiger partial charge in [0.05, 0.1) is 12.6 Å². The monoisotopic (exact) mass is 573 g/mol. The molecule has 19 N–H and O–H groups in total. The number of carbonyl (C=O) groups excluding carboxylic acids is 3. The minimum absolute atomic E-state index is 0.0194. The highest BCUT2D eigenvalue weighted by molar-refractivity contribution is 5.94. The third kappa shape index (κ3) is 16.5. The Morgan fingerprint density at radius 1 is 0.600 bits per heavy atom. The predicted molar refractivity (Wildman–Crippen MR) is 148 cm³/mol. The number of aliphatic carboxylic acids is 1. The van der Waals surface area contributed by atoms with Crippen molar-refractivity contribution < 1.29 is 29.4 Å². The number of nitrogens with one attached hydrogen (secondary N) is 3. The zero-order chi connectivity index (χ0) is 30.7. The summed E-state index contributed by atoms with van der Waals surface area (Å²) in [5.41, 5.74) is 37.5. The lowest BCUT2D eigenvalue weighted by atomic mass is 10.1. The number of hydrogen-bond acceptors (Lipinski definition) is 9. The molecule has 0 radical (unpaired) electrons. The number of carboxylic acids is 1. The molecule has 0 aromatic carbocycles. The van der Waals surface area contributed by atoms with Crippen molar-refractivity contribution in [1.29, 1.82) is 0 Å². The molecule has 0 bridgehead atoms. The fourth-order valence-electron chi connectivity index (χ4n) is 3.20. The maximum absolute atomic E-state index is 13.0. The molecule has 228 valence electrons. The summed E-state index contributed by atoms with van der Waals surface area (Å²) in [6, 6.07) is -5.02. The summed E-state index contributed by atoms with van der Waals surface area (Å²) in [6.07, 6.45) is 1.15. The van der Waals surface area contributed by atoms with Gasteiger partial charge in [-0.3, -0.25) is 29.4 Å². The van der Waals surface area contributed by atoms with Crippen LogP contribution in [0.2, 0.25) is 0 Å². The Balaban J connectivity index is 5.33. The highest BCUT2D eigenvalue weighted by atomic mass is 16.4. The summed E-state index contributed by atoms with van der Waals surface area (Å²) in [5, 5.41) is 26.2. The molecule has 40 heavy (non-hydrogen) atoms. The second-order valence-electron chi connectivity index (χ2n) is 8.66. The molecule has 0 aromatic rings. The van der Waals surface area contributed by atoms with Gasteiger partial charge in [0, 0.05) is 19.6 Å². The largest absolute Gasteiger partial charge is 0.480 e. The molecular formula is C21H43N13O6. The van der Waals surface area contributed by atoms with E-state index in [4.69, 9.17) is 40.1 Å². The molecule has 0 aliphatic heterocycles. The number of carbonyl (C=O) groups is 4. The average molecular weight is 574 g/mol. The smallest absolute Gasteiger partial charge is 0.326 e. The van der Waals surface area contributed by atoms with E-state index in [1.807, 2.05) is 0 Å². The van der Waals surface area contributed by atoms with Crippen molar-refractivity contribution in [3.63, 3.8) is 0 Å². The lowest BCUT2D eigenvalue weighted by Gasteiger charge is -2.24. The van der Waals surface area contributed by atoms with Crippen molar-refractivity contribution in [1.82, 2.24) is 16.0 Å². The molecule has 0 aliphatic rings. The maximum atomic E-state index is 13.0. The van der Waals surface area contributed by atoms with E-state index in [2.05, 4.69) is 30.9 Å². The summed E-state index contributed by atoms with van der Waals surface area (Å²) in [7, 11) is 0. The molecule has 0 fully saturated rings. The van der Waals surface area contributed by atoms with E-state index in [9.17, 15) is 29.4 Å². The van der Waals surface area contributed by atoms with Crippen LogP contribution >= 0.6 is 0 Å². The SMILES string of the molecule is NC(N)=NCCCC(N)C(=O)NC(CCCN=C(N)N)C(=O)NC(CO)C(=O)NC(CCCN=C(N)N)C(=O)O. The number of amides is 3. The Kier molecular flexibility index (Phi) is 17.5. The molecule has 3 amide bonds. The van der Waals surface area contributed by atoms with E-state index in [0.29, 0.717) is 6.42 Å². The Labute approximate surface area is 231 Å². The van der Waals surface area contributed by atoms with Crippen LogP contribution in [0, 0.1) is 0 Å². The molecule has 0 rings (SSSR count). The van der Waals surface area contributed by atoms with Crippen molar-refractivity contribution in [3.05, 3.63) is 0 Å². The van der Waals surface area contributed by atoms with Gasteiger partial charge in [0.25, 0.3) is 0 Å². The summed E-state index contributed by atoms with van der Waals surface area (Å²) in [4.78, 5) is 61.2. The summed E-state index contributed by atoms with van der Waals surface area (Å²) >= 11 is 0. The number of aliphatic hydroxyl groups is 1. The van der Waals surface area contributed by atoms with E-state index < -0.39 is 54.5 Å². The highest BCUT2D eigenvalue weighted by Gasteiger charge is 2.29. The van der Waals surface area contributed by atoms with Crippen LogP contribution in [0.15, 0.2) is 15.0 Å². The Morgan fingerprint density at radius 3 is 1.40 bits per heavy atom. The number of rotatable bonds is 20. The lowest BCUT2D eigenvalue weighted by molar-refractivity contribution is -0.142. The minimum Gasteiger partial charge on any atom is -0.480 e. The van der Waals surface area contributed by atoms with Gasteiger partial charge >= 0.3 is 5.97 Å². The first-order valence-corrected chi connectivity index (χ1v) is 12.4. The third-order valence-electron chi connectivity index (χ3n) is 5.26. The van der Waals surface area contributed by atoms with Crippen molar-refractivity contribution in [2.24, 2.45) is 55.1 Å². The van der Waals surface area contributed by atoms with Gasteiger partial charge in [0.1, 0.15) is 18.1 Å². The number of guanidine groups is 3. The molecule has 4 atom stereocenters. The summed E-state index contributed by atoms with van der Waals surface area (Å²) < 4.78 is 0. The van der Waals surface area contributed by atoms with E-state index in [0.717, 1.165) is 0 Å². The summed E-state index contributed by atoms with van der Waals surface area (Å²) in [5.74, 6) is -4.17. The first kappa shape index (κ1) is 35.6. The second-order valence-corrected chi connectivity index (χ2v) is 8.66. The van der Waals surface area contributed by atoms with Crippen LogP contribution in [-0.2, 0) is 19.2 Å². The van der Waals surface area contributed by atoms with Gasteiger partial charge in [0.2, 0.25) is 17.7 Å². The molecule has 19 nitrogen and oxygen atoms in total. The molecular weight excluding hydrogens is 530 g/mol. The Hall–Kier alpha value is -4.39. The summed E-state index contributed by atoms with van der Waals surface area (Å²) in [6.45, 7) is -0.308. The zero-order valence-electron chi connectivity index (χ0n) is 22.3. The van der Waals surface area contributed by atoms with Crippen molar-refractivity contribution in [2.45, 2.75) is 62.7 Å². The van der Waals surface area contributed by atoms with Gasteiger partial charge in [-0.1, -0.05) is 0 Å². The maximum Gasteiger partial charge on any atom is 0.326 e. The standard InChI is InChI=1S/C21H43N13O6/c22-11(4-1-7-29-19(23)24)15(36)32-12(5-2-8-30-20(25)26)16(37)34-14(10-35)17(38)33-13(18(39)40)6-3-9-31-21(27)28/h11-14,35H,1-10,22H2,(H,32,36)(H,33,38)(H,34,37)(H,39,40)(H4,23,24,29)(H4,25,26,30)(H4,27,28,31). The number of aliphatic hydroxyl groups excluding tert-OH is 1. The molecule has 0 aromatic heterocycles. The van der Waals surface area contributed by atoms with Crippen LogP contribution < -0.4 is 56.1 Å². The number of hydrogen-bond donors (Lipinski definition) is 12. The third-order valence-corrected chi connectivity index (χ3v) is 5.26. The predicted octanol–water partition coefficient (Wildman–Crippen LogP) is -5.99. The fourth-order valence-corrected chi connectivity index (χ4v) is 3.20. The van der Waals surface area contributed by atoms with Crippen LogP contribution in [0.25, 0.3) is 0 Å². The Bertz CT molecular complexity index is 915. The molecule has 0 heterocycles. The number of aliphatic imine (C=N–C) groups is 3. The minimum atomic E-state index is -1.52. The zero-order valence-corrected chi connectivity index (χ0v) is 22.3. The van der Waals surface area contributed by atoms with Gasteiger partial charge in [-0.05, 0) is 38.5 Å². The fraction of sp³-hybridized carbons (Fsp3) is 0.667. The van der Waals surface area contributed by atoms with Crippen LogP contribution in [0.1, 0.15) is 38.5 Å². The van der Waals surface area contributed by atoms with E-state index in [1.54, 1.807) is 0 Å². The highest BCUT2D eigenvalue weighted by Crippen LogP contribution is 2.04. The quantitative estimate of drug-likeness (QED) is 0.0367. The van der Waals surface area contributed by atoms with E-state index in [-0.39, 0.29) is 69.6 Å². The molecule has 19 heteroatoms. The lowest BCUT2D eigenvalue weighted by Crippen LogP contribution is -2.58. The molecule has 0 saturated heterocycles. The normalized spacial score (nSPS) is 13.4. The first-order chi connectivity index (χ1) is 18.8. The van der Waals surface area contributed by atoms with E-state index >= 15 is 0 Å². The molecule has 0 aliphatic carbocycles. The van der Waals surface area contributed by atoms with E-state index in [1.165, 1.54) is 0 Å². The first-order valence-electron chi connectivity index (χ1n) is 12.4. The van der Waals surface area contributed by atoms with Gasteiger partial charge < -0.3 is 66.3 Å². The average Bonchev–Trinajstić information content (AvgIpc) is 2.87. The van der Waals surface area contributed by atoms with Crippen molar-refractivity contribution in [2.75, 3.05) is 26.2 Å². The molecule has 0 saturated carbocycles. The number of nitrogens with two attached hydrogens (primary N) is 7. The second kappa shape index (κ2) is 19.6. The van der Waals surface area contributed by atoms with Crippen LogP contribution in [0.5, 0.6) is 0 Å². The number of nitrogens with zero attached hydrogens (tertiary/aromatic N) is 3. The number of carboxylic acid groups (broad SMARTS) is 1. The Morgan fingerprint density at radius 2 is 0.975 bits per heavy atom. The molecule has 0 spiro atoms. The van der Waals surface area contributed by atoms with Gasteiger partial charge in [0.15, 0.2) is 17.9 Å².